The number of imidazole rings is 1. The molecule has 0 radical (unpaired) electrons. The third kappa shape index (κ3) is 5.43. The summed E-state index contributed by atoms with van der Waals surface area (Å²) >= 11 is 0. The highest BCUT2D eigenvalue weighted by Crippen LogP contribution is 2.68. The van der Waals surface area contributed by atoms with Crippen molar-refractivity contribution in [1.29, 1.82) is 5.53 Å². The Bertz CT molecular complexity index is 1790. The molecule has 13 heteroatoms. The summed E-state index contributed by atoms with van der Waals surface area (Å²) in [6.07, 6.45) is 6.70. The van der Waals surface area contributed by atoms with Crippen LogP contribution in [0, 0.1) is 39.5 Å². The van der Waals surface area contributed by atoms with Gasteiger partial charge in [-0.3, -0.25) is 9.59 Å². The molecule has 0 aliphatic heterocycles. The number of benzene rings is 1. The predicted octanol–water partition coefficient (Wildman–Crippen LogP) is 5.55. The van der Waals surface area contributed by atoms with Crippen LogP contribution in [-0.2, 0) is 14.3 Å². The van der Waals surface area contributed by atoms with Crippen LogP contribution in [0.15, 0.2) is 54.6 Å². The topological polar surface area (TPSA) is 202 Å². The van der Waals surface area contributed by atoms with E-state index in [0.29, 0.717) is 35.3 Å². The third-order valence-electron chi connectivity index (χ3n) is 11.8. The summed E-state index contributed by atoms with van der Waals surface area (Å²) in [5, 5.41) is 18.3. The fourth-order valence-electron chi connectivity index (χ4n) is 8.84. The number of aromatic amines is 1. The summed E-state index contributed by atoms with van der Waals surface area (Å²) in [5.41, 5.74) is 13.6. The second-order valence-corrected chi connectivity index (χ2v) is 14.2. The Morgan fingerprint density at radius 1 is 1.29 bits per heavy atom. The molecule has 3 saturated carbocycles. The van der Waals surface area contributed by atoms with Crippen molar-refractivity contribution in [2.24, 2.45) is 39.1 Å². The van der Waals surface area contributed by atoms with Gasteiger partial charge in [0, 0.05) is 34.9 Å². The number of H-pyrrole nitrogens is 1. The van der Waals surface area contributed by atoms with Gasteiger partial charge in [-0.25, -0.2) is 10.5 Å². The van der Waals surface area contributed by atoms with Crippen LogP contribution in [0.1, 0.15) is 65.4 Å². The molecule has 254 valence electrons. The zero-order valence-electron chi connectivity index (χ0n) is 27.8. The molecule has 0 saturated heterocycles. The van der Waals surface area contributed by atoms with Crippen molar-refractivity contribution in [3.63, 3.8) is 0 Å². The molecular formula is C35H44N8O5. The van der Waals surface area contributed by atoms with Gasteiger partial charge in [-0.2, -0.15) is 15.1 Å². The van der Waals surface area contributed by atoms with Gasteiger partial charge >= 0.3 is 5.97 Å². The number of hydrogen-bond acceptors (Lipinski definition) is 12. The molecule has 3 aliphatic carbocycles. The molecule has 3 fully saturated rings. The van der Waals surface area contributed by atoms with Crippen LogP contribution < -0.4 is 15.8 Å². The van der Waals surface area contributed by atoms with Gasteiger partial charge in [0.1, 0.15) is 29.9 Å². The first-order valence-electron chi connectivity index (χ1n) is 16.5. The van der Waals surface area contributed by atoms with E-state index in [-0.39, 0.29) is 53.0 Å². The van der Waals surface area contributed by atoms with E-state index < -0.39 is 29.0 Å². The maximum atomic E-state index is 13.6. The van der Waals surface area contributed by atoms with Crippen molar-refractivity contribution in [1.82, 2.24) is 25.3 Å². The fraction of sp³-hybridized carbons (Fsp3) is 0.514. The van der Waals surface area contributed by atoms with Gasteiger partial charge in [-0.1, -0.05) is 45.9 Å². The lowest BCUT2D eigenvalue weighted by atomic mass is 9.44. The van der Waals surface area contributed by atoms with Crippen molar-refractivity contribution >= 4 is 34.6 Å². The lowest BCUT2D eigenvalue weighted by Gasteiger charge is -2.61. The lowest BCUT2D eigenvalue weighted by molar-refractivity contribution is -0.206. The molecule has 48 heavy (non-hydrogen) atoms. The molecule has 6 rings (SSSR count). The molecule has 2 aromatic heterocycles. The SMILES string of the molecule is C=C[C@]1(C)C[C@@H](OC(=O)CN/C=C(\N=N)c2cccc(Oc3nc(N)nc4[nH]cnc34)c2)[C@]2(C)[C@H](C)CC[C@]3(CCC(=O)[C@H]32)[C@@H](C)[C@@H]1O. The predicted molar refractivity (Wildman–Crippen MR) is 178 cm³/mol. The zero-order valence-corrected chi connectivity index (χ0v) is 27.8. The number of nitrogens with two attached hydrogens (primary N) is 1. The number of aliphatic hydroxyl groups is 1. The number of nitrogen functional groups attached to an aromatic ring is 1. The minimum Gasteiger partial charge on any atom is -0.460 e. The second kappa shape index (κ2) is 12.4. The summed E-state index contributed by atoms with van der Waals surface area (Å²) in [5.74, 6) is 0.0257. The molecule has 0 spiro atoms. The summed E-state index contributed by atoms with van der Waals surface area (Å²) in [6.45, 7) is 12.2. The molecule has 6 N–H and O–H groups in total. The lowest BCUT2D eigenvalue weighted by Crippen LogP contribution is -2.63. The van der Waals surface area contributed by atoms with Crippen molar-refractivity contribution in [2.75, 3.05) is 12.3 Å². The van der Waals surface area contributed by atoms with E-state index in [1.165, 1.54) is 12.5 Å². The Kier molecular flexibility index (Phi) is 8.61. The maximum absolute atomic E-state index is 13.6. The zero-order chi connectivity index (χ0) is 34.4. The van der Waals surface area contributed by atoms with Gasteiger partial charge in [-0.05, 0) is 55.1 Å². The molecule has 8 atom stereocenters. The molecule has 3 aromatic rings. The summed E-state index contributed by atoms with van der Waals surface area (Å²) in [7, 11) is 0. The number of ketones is 1. The van der Waals surface area contributed by atoms with Gasteiger partial charge in [0.05, 0.1) is 12.4 Å². The van der Waals surface area contributed by atoms with Crippen LogP contribution in [0.3, 0.4) is 0 Å². The second-order valence-electron chi connectivity index (χ2n) is 14.2. The highest BCUT2D eigenvalue weighted by atomic mass is 16.5. The Balaban J connectivity index is 1.20. The fourth-order valence-corrected chi connectivity index (χ4v) is 8.84. The van der Waals surface area contributed by atoms with E-state index in [1.807, 2.05) is 6.92 Å². The molecule has 1 aromatic carbocycles. The molecule has 2 heterocycles. The monoisotopic (exact) mass is 656 g/mol. The first-order valence-corrected chi connectivity index (χ1v) is 16.5. The van der Waals surface area contributed by atoms with Crippen LogP contribution in [0.2, 0.25) is 0 Å². The highest BCUT2D eigenvalue weighted by molar-refractivity contribution is 5.86. The van der Waals surface area contributed by atoms with Crippen LogP contribution in [0.25, 0.3) is 16.9 Å². The molecule has 0 unspecified atom stereocenters. The molecule has 0 amide bonds. The molecule has 3 aliphatic rings. The number of aliphatic hydroxyl groups excluding tert-OH is 1. The number of carbonyl (C=O) groups excluding carboxylic acids is 2. The van der Waals surface area contributed by atoms with Crippen LogP contribution in [0.4, 0.5) is 5.95 Å². The van der Waals surface area contributed by atoms with E-state index in [4.69, 9.17) is 20.7 Å². The normalized spacial score (nSPS) is 33.3. The minimum atomic E-state index is -0.735. The largest absolute Gasteiger partial charge is 0.460 e. The number of aromatic nitrogens is 4. The quantitative estimate of drug-likeness (QED) is 0.110. The number of esters is 1. The van der Waals surface area contributed by atoms with Gasteiger partial charge in [0.15, 0.2) is 11.2 Å². The molecular weight excluding hydrogens is 612 g/mol. The molecule has 2 bridgehead atoms. The first-order chi connectivity index (χ1) is 22.9. The maximum Gasteiger partial charge on any atom is 0.325 e. The smallest absolute Gasteiger partial charge is 0.325 e. The standard InChI is InChI=1S/C35H44N8O5/c1-6-33(4)15-25(34(5)19(2)10-12-35(20(3)29(33)46)13-11-24(44)28(34)35)48-26(45)17-38-16-23(43-37)21-8-7-9-22(14-21)47-31-27-30(40-18-39-27)41-32(36)42-31/h6-9,14,16,18-20,25,28-29,37-38,46H,1,10-13,15,17H2,2-5H3,(H3,36,39,40,41,42)/b23-16-,43-37?/t19-,20+,25-,28+,29+,33-,34+,35+/m1/s1. The number of nitrogens with one attached hydrogen (secondary N) is 3. The van der Waals surface area contributed by atoms with Crippen molar-refractivity contribution in [3.8, 4) is 11.6 Å². The molecule has 13 nitrogen and oxygen atoms in total. The van der Waals surface area contributed by atoms with Crippen LogP contribution in [-0.4, -0.2) is 55.5 Å². The van der Waals surface area contributed by atoms with Gasteiger partial charge < -0.3 is 30.6 Å². The number of nitrogens with zero attached hydrogens (tertiary/aromatic N) is 4. The minimum absolute atomic E-state index is 0.0242. The van der Waals surface area contributed by atoms with Crippen molar-refractivity contribution < 1.29 is 24.2 Å². The summed E-state index contributed by atoms with van der Waals surface area (Å²) in [6, 6.07) is 6.88. The van der Waals surface area contributed by atoms with Crippen LogP contribution in [0.5, 0.6) is 11.6 Å². The van der Waals surface area contributed by atoms with Gasteiger partial charge in [0.2, 0.25) is 5.95 Å². The Labute approximate surface area is 279 Å². The van der Waals surface area contributed by atoms with Crippen molar-refractivity contribution in [3.05, 3.63) is 55.0 Å². The Morgan fingerprint density at radius 3 is 2.83 bits per heavy atom. The van der Waals surface area contributed by atoms with E-state index in [9.17, 15) is 14.7 Å². The van der Waals surface area contributed by atoms with Gasteiger partial charge in [0.25, 0.3) is 5.88 Å². The Hall–Kier alpha value is -4.65. The Morgan fingerprint density at radius 2 is 2.08 bits per heavy atom. The van der Waals surface area contributed by atoms with Crippen molar-refractivity contribution in [2.45, 2.75) is 72.0 Å². The number of hydrogen-bond donors (Lipinski definition) is 5. The average Bonchev–Trinajstić information content (AvgIpc) is 3.68. The number of Topliss-reactive ketones (excluding diaryl/α,β-unsaturated/α-hetero) is 1. The number of fused-ring (bicyclic) bond motifs is 1. The van der Waals surface area contributed by atoms with Crippen LogP contribution >= 0.6 is 0 Å². The number of carbonyl (C=O) groups is 2. The van der Waals surface area contributed by atoms with E-state index in [1.54, 1.807) is 30.3 Å². The number of anilines is 1. The summed E-state index contributed by atoms with van der Waals surface area (Å²) in [4.78, 5) is 42.4. The summed E-state index contributed by atoms with van der Waals surface area (Å²) < 4.78 is 12.2. The average molecular weight is 657 g/mol. The van der Waals surface area contributed by atoms with E-state index in [2.05, 4.69) is 57.7 Å². The number of ether oxygens (including phenoxy) is 2. The number of rotatable bonds is 9. The first kappa shape index (κ1) is 33.3. The van der Waals surface area contributed by atoms with E-state index >= 15 is 0 Å². The third-order valence-corrected chi connectivity index (χ3v) is 11.8. The van der Waals surface area contributed by atoms with E-state index in [0.717, 1.165) is 19.3 Å². The van der Waals surface area contributed by atoms with Gasteiger partial charge in [-0.15, -0.1) is 6.58 Å². The highest BCUT2D eigenvalue weighted by Gasteiger charge is 2.68.